The molecular formula is C8H7ClO2. The summed E-state index contributed by atoms with van der Waals surface area (Å²) in [5.74, 6) is 0.0164. The lowest BCUT2D eigenvalue weighted by Crippen LogP contribution is -1.86. The van der Waals surface area contributed by atoms with E-state index in [1.807, 2.05) is 0 Å². The lowest BCUT2D eigenvalue weighted by atomic mass is 10.1. The van der Waals surface area contributed by atoms with Crippen molar-refractivity contribution in [2.45, 2.75) is 6.92 Å². The van der Waals surface area contributed by atoms with Gasteiger partial charge in [0.2, 0.25) is 0 Å². The lowest BCUT2D eigenvalue weighted by molar-refractivity contribution is 0.112. The molecule has 0 saturated heterocycles. The molecule has 1 aromatic rings. The van der Waals surface area contributed by atoms with Crippen molar-refractivity contribution in [3.05, 3.63) is 28.3 Å². The number of aromatic hydroxyl groups is 1. The van der Waals surface area contributed by atoms with Gasteiger partial charge in [-0.2, -0.15) is 0 Å². The zero-order chi connectivity index (χ0) is 8.43. The summed E-state index contributed by atoms with van der Waals surface area (Å²) in [6.07, 6.45) is 0.668. The fraction of sp³-hybridized carbons (Fsp3) is 0.125. The van der Waals surface area contributed by atoms with Crippen molar-refractivity contribution >= 4 is 17.9 Å². The smallest absolute Gasteiger partial charge is 0.150 e. The highest BCUT2D eigenvalue weighted by Crippen LogP contribution is 2.23. The fourth-order valence-electron chi connectivity index (χ4n) is 0.808. The van der Waals surface area contributed by atoms with Gasteiger partial charge < -0.3 is 5.11 Å². The quantitative estimate of drug-likeness (QED) is 0.656. The van der Waals surface area contributed by atoms with E-state index in [0.717, 1.165) is 0 Å². The summed E-state index contributed by atoms with van der Waals surface area (Å²) in [6.45, 7) is 1.73. The number of benzene rings is 1. The molecule has 0 atom stereocenters. The van der Waals surface area contributed by atoms with E-state index in [-0.39, 0.29) is 5.75 Å². The van der Waals surface area contributed by atoms with E-state index in [1.165, 1.54) is 12.1 Å². The van der Waals surface area contributed by atoms with E-state index in [2.05, 4.69) is 0 Å². The molecule has 2 nitrogen and oxygen atoms in total. The molecule has 1 rings (SSSR count). The van der Waals surface area contributed by atoms with Gasteiger partial charge in [0, 0.05) is 10.6 Å². The van der Waals surface area contributed by atoms with Crippen molar-refractivity contribution in [2.75, 3.05) is 0 Å². The van der Waals surface area contributed by atoms with E-state index in [4.69, 9.17) is 16.7 Å². The molecule has 1 aromatic carbocycles. The highest BCUT2D eigenvalue weighted by atomic mass is 35.5. The minimum Gasteiger partial charge on any atom is -0.508 e. The molecule has 0 spiro atoms. The van der Waals surface area contributed by atoms with E-state index >= 15 is 0 Å². The van der Waals surface area contributed by atoms with E-state index < -0.39 is 0 Å². The molecule has 0 fully saturated rings. The van der Waals surface area contributed by atoms with Gasteiger partial charge in [0.1, 0.15) is 5.75 Å². The third kappa shape index (κ3) is 1.52. The van der Waals surface area contributed by atoms with Crippen LogP contribution in [0.15, 0.2) is 12.1 Å². The van der Waals surface area contributed by atoms with Crippen LogP contribution in [0.25, 0.3) is 0 Å². The number of carbonyl (C=O) groups excluding carboxylic acids is 1. The maximum Gasteiger partial charge on any atom is 0.150 e. The van der Waals surface area contributed by atoms with Crippen LogP contribution in [0.4, 0.5) is 0 Å². The first-order valence-electron chi connectivity index (χ1n) is 3.09. The Labute approximate surface area is 69.4 Å². The average molecular weight is 171 g/mol. The summed E-state index contributed by atoms with van der Waals surface area (Å²) in [5.41, 5.74) is 1.12. The van der Waals surface area contributed by atoms with Crippen LogP contribution < -0.4 is 0 Å². The standard InChI is InChI=1S/C8H7ClO2/c1-5-6(4-10)2-7(11)3-8(5)9/h2-4,11H,1H3. The van der Waals surface area contributed by atoms with Crippen molar-refractivity contribution < 1.29 is 9.90 Å². The average Bonchev–Trinajstić information content (AvgIpc) is 1.96. The first kappa shape index (κ1) is 8.08. The minimum atomic E-state index is 0.0164. The van der Waals surface area contributed by atoms with Gasteiger partial charge in [0.25, 0.3) is 0 Å². The topological polar surface area (TPSA) is 37.3 Å². The van der Waals surface area contributed by atoms with Gasteiger partial charge in [-0.3, -0.25) is 4.79 Å². The molecule has 0 aliphatic carbocycles. The van der Waals surface area contributed by atoms with Gasteiger partial charge >= 0.3 is 0 Å². The van der Waals surface area contributed by atoms with Crippen LogP contribution in [0.1, 0.15) is 15.9 Å². The zero-order valence-corrected chi connectivity index (χ0v) is 6.72. The molecule has 3 heteroatoms. The van der Waals surface area contributed by atoms with Crippen molar-refractivity contribution in [1.82, 2.24) is 0 Å². The van der Waals surface area contributed by atoms with Crippen LogP contribution >= 0.6 is 11.6 Å². The van der Waals surface area contributed by atoms with Gasteiger partial charge in [0.05, 0.1) is 0 Å². The summed E-state index contributed by atoms with van der Waals surface area (Å²) in [4.78, 5) is 10.4. The van der Waals surface area contributed by atoms with Gasteiger partial charge in [-0.15, -0.1) is 0 Å². The molecule has 11 heavy (non-hydrogen) atoms. The molecule has 0 unspecified atom stereocenters. The largest absolute Gasteiger partial charge is 0.508 e. The first-order chi connectivity index (χ1) is 5.15. The third-order valence-electron chi connectivity index (χ3n) is 1.50. The Bertz CT molecular complexity index is 294. The molecule has 0 saturated carbocycles. The number of rotatable bonds is 1. The number of aldehydes is 1. The maximum atomic E-state index is 10.4. The number of hydrogen-bond acceptors (Lipinski definition) is 2. The molecule has 0 radical (unpaired) electrons. The Balaban J connectivity index is 3.35. The maximum absolute atomic E-state index is 10.4. The summed E-state index contributed by atoms with van der Waals surface area (Å²) >= 11 is 5.68. The molecule has 1 N–H and O–H groups in total. The number of phenols is 1. The van der Waals surface area contributed by atoms with Crippen LogP contribution in [0.5, 0.6) is 5.75 Å². The summed E-state index contributed by atoms with van der Waals surface area (Å²) in [7, 11) is 0. The molecular weight excluding hydrogens is 164 g/mol. The molecule has 0 amide bonds. The number of halogens is 1. The SMILES string of the molecule is Cc1c(Cl)cc(O)cc1C=O. The molecule has 0 bridgehead atoms. The summed E-state index contributed by atoms with van der Waals surface area (Å²) in [5, 5.41) is 9.42. The van der Waals surface area contributed by atoms with E-state index in [0.29, 0.717) is 22.4 Å². The minimum absolute atomic E-state index is 0.0164. The second-order valence-corrected chi connectivity index (χ2v) is 2.67. The fourth-order valence-corrected chi connectivity index (χ4v) is 1.03. The predicted molar refractivity (Wildman–Crippen MR) is 43.2 cm³/mol. The van der Waals surface area contributed by atoms with E-state index in [9.17, 15) is 4.79 Å². The van der Waals surface area contributed by atoms with Crippen LogP contribution in [0.3, 0.4) is 0 Å². The normalized spacial score (nSPS) is 9.64. The molecule has 0 aliphatic heterocycles. The van der Waals surface area contributed by atoms with Crippen molar-refractivity contribution in [1.29, 1.82) is 0 Å². The summed E-state index contributed by atoms with van der Waals surface area (Å²) < 4.78 is 0. The Hall–Kier alpha value is -1.02. The highest BCUT2D eigenvalue weighted by molar-refractivity contribution is 6.31. The van der Waals surface area contributed by atoms with E-state index in [1.54, 1.807) is 6.92 Å². The Morgan fingerprint density at radius 1 is 1.55 bits per heavy atom. The van der Waals surface area contributed by atoms with Gasteiger partial charge in [-0.1, -0.05) is 11.6 Å². The predicted octanol–water partition coefficient (Wildman–Crippen LogP) is 2.17. The molecule has 0 aromatic heterocycles. The van der Waals surface area contributed by atoms with Crippen LogP contribution in [-0.2, 0) is 0 Å². The van der Waals surface area contributed by atoms with Gasteiger partial charge in [0.15, 0.2) is 6.29 Å². The van der Waals surface area contributed by atoms with Crippen molar-refractivity contribution in [3.63, 3.8) is 0 Å². The van der Waals surface area contributed by atoms with Gasteiger partial charge in [-0.25, -0.2) is 0 Å². The lowest BCUT2D eigenvalue weighted by Gasteiger charge is -2.01. The monoisotopic (exact) mass is 170 g/mol. The third-order valence-corrected chi connectivity index (χ3v) is 1.89. The molecule has 58 valence electrons. The van der Waals surface area contributed by atoms with Crippen molar-refractivity contribution in [3.8, 4) is 5.75 Å². The number of hydrogen-bond donors (Lipinski definition) is 1. The van der Waals surface area contributed by atoms with Crippen LogP contribution in [0.2, 0.25) is 5.02 Å². The Kier molecular flexibility index (Phi) is 2.15. The highest BCUT2D eigenvalue weighted by Gasteiger charge is 2.03. The second kappa shape index (κ2) is 2.93. The zero-order valence-electron chi connectivity index (χ0n) is 5.97. The molecule has 0 aliphatic rings. The van der Waals surface area contributed by atoms with Crippen molar-refractivity contribution in [2.24, 2.45) is 0 Å². The Morgan fingerprint density at radius 3 is 2.73 bits per heavy atom. The van der Waals surface area contributed by atoms with Gasteiger partial charge in [-0.05, 0) is 24.6 Å². The summed E-state index contributed by atoms with van der Waals surface area (Å²) in [6, 6.07) is 2.79. The number of carbonyl (C=O) groups is 1. The second-order valence-electron chi connectivity index (χ2n) is 2.26. The van der Waals surface area contributed by atoms with Crippen LogP contribution in [-0.4, -0.2) is 11.4 Å². The molecule has 0 heterocycles. The Morgan fingerprint density at radius 2 is 2.18 bits per heavy atom. The number of phenolic OH excluding ortho intramolecular Hbond substituents is 1. The first-order valence-corrected chi connectivity index (χ1v) is 3.47. The van der Waals surface area contributed by atoms with Crippen LogP contribution in [0, 0.1) is 6.92 Å².